The molecular weight excluding hydrogens is 318 g/mol. The molecule has 2 aromatic carbocycles. The Labute approximate surface area is 146 Å². The van der Waals surface area contributed by atoms with Crippen LogP contribution in [0.4, 0.5) is 0 Å². The van der Waals surface area contributed by atoms with E-state index in [1.165, 1.54) is 11.8 Å². The highest BCUT2D eigenvalue weighted by Gasteiger charge is 2.11. The normalized spacial score (nSPS) is 10.2. The Balaban J connectivity index is 0.00000100. The smallest absolute Gasteiger partial charge is 0.347 e. The molecule has 0 atom stereocenters. The first-order chi connectivity index (χ1) is 11.5. The van der Waals surface area contributed by atoms with Crippen LogP contribution in [0.25, 0.3) is 15.8 Å². The lowest BCUT2D eigenvalue weighted by Crippen LogP contribution is -2.04. The Morgan fingerprint density at radius 2 is 1.83 bits per heavy atom. The average molecular weight is 339 g/mol. The molecular formula is C20H21NO2S. The maximum atomic E-state index is 12.1. The highest BCUT2D eigenvalue weighted by Crippen LogP contribution is 2.33. The van der Waals surface area contributed by atoms with Crippen molar-refractivity contribution in [1.29, 1.82) is 0 Å². The topological polar surface area (TPSA) is 43.1 Å². The first-order valence-corrected chi connectivity index (χ1v) is 8.70. The number of rotatable bonds is 3. The van der Waals surface area contributed by atoms with Gasteiger partial charge >= 0.3 is 5.63 Å². The van der Waals surface area contributed by atoms with Crippen LogP contribution in [0.3, 0.4) is 0 Å². The van der Waals surface area contributed by atoms with Crippen LogP contribution in [-0.4, -0.2) is 4.98 Å². The minimum atomic E-state index is -0.379. The fourth-order valence-corrected chi connectivity index (χ4v) is 2.97. The summed E-state index contributed by atoms with van der Waals surface area (Å²) in [4.78, 5) is 18.2. The summed E-state index contributed by atoms with van der Waals surface area (Å²) in [7, 11) is 0. The van der Waals surface area contributed by atoms with Crippen molar-refractivity contribution in [3.8, 4) is 0 Å². The van der Waals surface area contributed by atoms with Crippen molar-refractivity contribution in [2.75, 3.05) is 0 Å². The molecule has 0 saturated heterocycles. The van der Waals surface area contributed by atoms with Crippen molar-refractivity contribution in [2.45, 2.75) is 32.6 Å². The van der Waals surface area contributed by atoms with Gasteiger partial charge in [-0.15, -0.1) is 0 Å². The molecule has 0 unspecified atom stereocenters. The first kappa shape index (κ1) is 18.0. The molecule has 3 aromatic rings. The molecule has 124 valence electrons. The molecule has 0 aliphatic rings. The second kappa shape index (κ2) is 7.97. The fraction of sp³-hybridized carbons (Fsp3) is 0.200. The summed E-state index contributed by atoms with van der Waals surface area (Å²) in [5.41, 5.74) is 2.40. The standard InChI is InChI=1S/C18H15NO2S.C2H6/c1-11-8-9-15-14(10-11)18(20)21-17(19-15)13(3)22-16-7-5-4-6-12(16)2;1-2/h4-10H,3H2,1-2H3;1-2H3. The number of aryl methyl sites for hydroxylation is 2. The maximum Gasteiger partial charge on any atom is 0.347 e. The van der Waals surface area contributed by atoms with Crippen LogP contribution in [0.5, 0.6) is 0 Å². The quantitative estimate of drug-likeness (QED) is 0.583. The van der Waals surface area contributed by atoms with Gasteiger partial charge in [-0.3, -0.25) is 0 Å². The van der Waals surface area contributed by atoms with Crippen LogP contribution < -0.4 is 5.63 Å². The summed E-state index contributed by atoms with van der Waals surface area (Å²) in [6.45, 7) is 12.0. The Morgan fingerprint density at radius 1 is 1.12 bits per heavy atom. The molecule has 3 rings (SSSR count). The molecule has 0 aliphatic heterocycles. The van der Waals surface area contributed by atoms with Gasteiger partial charge in [0.05, 0.1) is 15.8 Å². The first-order valence-electron chi connectivity index (χ1n) is 7.89. The van der Waals surface area contributed by atoms with E-state index in [-0.39, 0.29) is 11.5 Å². The average Bonchev–Trinajstić information content (AvgIpc) is 2.59. The van der Waals surface area contributed by atoms with E-state index in [1.54, 1.807) is 6.07 Å². The highest BCUT2D eigenvalue weighted by atomic mass is 32.2. The molecule has 0 bridgehead atoms. The minimum absolute atomic E-state index is 0.273. The number of nitrogens with zero attached hydrogens (tertiary/aromatic N) is 1. The van der Waals surface area contributed by atoms with E-state index in [1.807, 2.05) is 64.1 Å². The van der Waals surface area contributed by atoms with Crippen molar-refractivity contribution >= 4 is 27.6 Å². The Bertz CT molecular complexity index is 928. The lowest BCUT2D eigenvalue weighted by molar-refractivity contribution is 0.489. The van der Waals surface area contributed by atoms with E-state index in [0.717, 1.165) is 16.0 Å². The van der Waals surface area contributed by atoms with E-state index in [2.05, 4.69) is 11.6 Å². The van der Waals surface area contributed by atoms with Crippen LogP contribution in [0.15, 0.2) is 63.2 Å². The van der Waals surface area contributed by atoms with Gasteiger partial charge in [0.15, 0.2) is 0 Å². The molecule has 0 radical (unpaired) electrons. The van der Waals surface area contributed by atoms with Crippen LogP contribution in [0.1, 0.15) is 30.9 Å². The lowest BCUT2D eigenvalue weighted by atomic mass is 10.2. The van der Waals surface area contributed by atoms with E-state index < -0.39 is 0 Å². The van der Waals surface area contributed by atoms with Gasteiger partial charge in [0.25, 0.3) is 0 Å². The van der Waals surface area contributed by atoms with Gasteiger partial charge in [-0.25, -0.2) is 9.78 Å². The van der Waals surface area contributed by atoms with Gasteiger partial charge in [-0.1, -0.05) is 62.0 Å². The zero-order chi connectivity index (χ0) is 17.7. The Kier molecular flexibility index (Phi) is 5.99. The molecule has 24 heavy (non-hydrogen) atoms. The second-order valence-electron chi connectivity index (χ2n) is 5.12. The molecule has 0 saturated carbocycles. The van der Waals surface area contributed by atoms with E-state index in [9.17, 15) is 4.79 Å². The minimum Gasteiger partial charge on any atom is -0.403 e. The zero-order valence-corrected chi connectivity index (χ0v) is 15.2. The molecule has 0 fully saturated rings. The van der Waals surface area contributed by atoms with Crippen LogP contribution >= 0.6 is 11.8 Å². The second-order valence-corrected chi connectivity index (χ2v) is 6.25. The third-order valence-corrected chi connectivity index (χ3v) is 4.45. The van der Waals surface area contributed by atoms with Crippen molar-refractivity contribution in [3.63, 3.8) is 0 Å². The van der Waals surface area contributed by atoms with Crippen LogP contribution in [0.2, 0.25) is 0 Å². The number of hydrogen-bond donors (Lipinski definition) is 0. The van der Waals surface area contributed by atoms with E-state index in [0.29, 0.717) is 15.8 Å². The van der Waals surface area contributed by atoms with Crippen molar-refractivity contribution in [3.05, 3.63) is 76.5 Å². The zero-order valence-electron chi connectivity index (χ0n) is 14.4. The molecule has 0 aliphatic carbocycles. The Morgan fingerprint density at radius 3 is 2.54 bits per heavy atom. The number of benzene rings is 2. The highest BCUT2D eigenvalue weighted by molar-refractivity contribution is 8.08. The lowest BCUT2D eigenvalue weighted by Gasteiger charge is -2.07. The third-order valence-electron chi connectivity index (χ3n) is 3.35. The van der Waals surface area contributed by atoms with Crippen molar-refractivity contribution in [2.24, 2.45) is 0 Å². The number of aromatic nitrogens is 1. The summed E-state index contributed by atoms with van der Waals surface area (Å²) in [5.74, 6) is 0.273. The van der Waals surface area contributed by atoms with Gasteiger partial charge in [-0.05, 0) is 37.6 Å². The number of fused-ring (bicyclic) bond motifs is 1. The van der Waals surface area contributed by atoms with Crippen molar-refractivity contribution < 1.29 is 4.42 Å². The molecule has 1 aromatic heterocycles. The van der Waals surface area contributed by atoms with Gasteiger partial charge in [0.1, 0.15) is 0 Å². The fourth-order valence-electron chi connectivity index (χ4n) is 2.15. The summed E-state index contributed by atoms with van der Waals surface area (Å²) in [5, 5.41) is 0.498. The third kappa shape index (κ3) is 3.95. The largest absolute Gasteiger partial charge is 0.403 e. The summed E-state index contributed by atoms with van der Waals surface area (Å²) in [6.07, 6.45) is 0. The van der Waals surface area contributed by atoms with E-state index in [4.69, 9.17) is 4.42 Å². The van der Waals surface area contributed by atoms with Gasteiger partial charge in [-0.2, -0.15) is 0 Å². The van der Waals surface area contributed by atoms with Crippen LogP contribution in [0, 0.1) is 13.8 Å². The predicted octanol–water partition coefficient (Wildman–Crippen LogP) is 5.59. The molecule has 1 heterocycles. The predicted molar refractivity (Wildman–Crippen MR) is 102 cm³/mol. The van der Waals surface area contributed by atoms with Gasteiger partial charge in [0.2, 0.25) is 5.89 Å². The van der Waals surface area contributed by atoms with Gasteiger partial charge < -0.3 is 4.42 Å². The summed E-state index contributed by atoms with van der Waals surface area (Å²) >= 11 is 1.45. The SMILES string of the molecule is C=C(Sc1ccccc1C)c1nc2ccc(C)cc2c(=O)o1.CC. The molecule has 0 amide bonds. The summed E-state index contributed by atoms with van der Waals surface area (Å²) in [6, 6.07) is 13.5. The molecule has 4 heteroatoms. The molecule has 3 nitrogen and oxygen atoms in total. The molecule has 0 spiro atoms. The Hall–Kier alpha value is -2.33. The summed E-state index contributed by atoms with van der Waals surface area (Å²) < 4.78 is 5.33. The van der Waals surface area contributed by atoms with Crippen molar-refractivity contribution in [1.82, 2.24) is 4.98 Å². The van der Waals surface area contributed by atoms with Crippen LogP contribution in [-0.2, 0) is 0 Å². The number of thioether (sulfide) groups is 1. The monoisotopic (exact) mass is 339 g/mol. The van der Waals surface area contributed by atoms with E-state index >= 15 is 0 Å². The maximum absolute atomic E-state index is 12.1. The molecule has 0 N–H and O–H groups in total. The number of hydrogen-bond acceptors (Lipinski definition) is 4. The van der Waals surface area contributed by atoms with Gasteiger partial charge in [0, 0.05) is 4.90 Å².